The smallest absolute Gasteiger partial charge is 0.321 e. The number of aromatic nitrogens is 2. The molecular formula is C22H22ClFN4O4S. The second-order valence-electron chi connectivity index (χ2n) is 6.74. The van der Waals surface area contributed by atoms with Gasteiger partial charge in [0.25, 0.3) is 0 Å². The van der Waals surface area contributed by atoms with Crippen molar-refractivity contribution in [3.8, 4) is 16.9 Å². The number of hydrogen-bond acceptors (Lipinski definition) is 7. The number of halogens is 2. The van der Waals surface area contributed by atoms with Crippen LogP contribution in [0.4, 0.5) is 14.3 Å². The summed E-state index contributed by atoms with van der Waals surface area (Å²) in [4.78, 5) is 23.3. The first-order valence-electron chi connectivity index (χ1n) is 10.1. The fraction of sp³-hybridized carbons (Fsp3) is 0.273. The Morgan fingerprint density at radius 2 is 2.03 bits per heavy atom. The molecule has 1 heterocycles. The Kier molecular flexibility index (Phi) is 8.56. The van der Waals surface area contributed by atoms with Crippen LogP contribution in [-0.4, -0.2) is 42.5 Å². The molecule has 3 rings (SSSR count). The molecule has 0 aliphatic carbocycles. The number of rotatable bonds is 9. The molecule has 1 aromatic heterocycles. The number of urea groups is 1. The highest BCUT2D eigenvalue weighted by molar-refractivity contribution is 7.15. The van der Waals surface area contributed by atoms with Crippen molar-refractivity contribution in [2.45, 2.75) is 19.8 Å². The fourth-order valence-corrected chi connectivity index (χ4v) is 3.96. The highest BCUT2D eigenvalue weighted by Crippen LogP contribution is 2.36. The molecule has 0 aliphatic rings. The topological polar surface area (TPSA) is 102 Å². The summed E-state index contributed by atoms with van der Waals surface area (Å²) in [7, 11) is 1.48. The van der Waals surface area contributed by atoms with Crippen LogP contribution in [-0.2, 0) is 16.0 Å². The number of nitrogens with zero attached hydrogens (tertiary/aromatic N) is 2. The molecule has 0 saturated heterocycles. The zero-order valence-corrected chi connectivity index (χ0v) is 19.6. The quantitative estimate of drug-likeness (QED) is 0.421. The van der Waals surface area contributed by atoms with Crippen LogP contribution in [0.1, 0.15) is 23.9 Å². The number of carbonyl (C=O) groups excluding carboxylic acids is 2. The van der Waals surface area contributed by atoms with Gasteiger partial charge in [0, 0.05) is 18.0 Å². The molecule has 0 spiro atoms. The van der Waals surface area contributed by atoms with Gasteiger partial charge in [-0.1, -0.05) is 41.1 Å². The lowest BCUT2D eigenvalue weighted by Gasteiger charge is -2.13. The fourth-order valence-electron chi connectivity index (χ4n) is 3.01. The van der Waals surface area contributed by atoms with E-state index in [1.54, 1.807) is 43.3 Å². The Hall–Kier alpha value is -3.24. The third-order valence-electron chi connectivity index (χ3n) is 4.47. The van der Waals surface area contributed by atoms with Crippen LogP contribution in [0.5, 0.6) is 5.75 Å². The Labute approximate surface area is 199 Å². The summed E-state index contributed by atoms with van der Waals surface area (Å²) in [5.41, 5.74) is 1.30. The van der Waals surface area contributed by atoms with Gasteiger partial charge < -0.3 is 14.8 Å². The molecule has 174 valence electrons. The Balaban J connectivity index is 1.68. The van der Waals surface area contributed by atoms with Crippen LogP contribution in [0.25, 0.3) is 11.1 Å². The number of methoxy groups -OCH3 is 1. The number of ether oxygens (including phenoxy) is 2. The van der Waals surface area contributed by atoms with Gasteiger partial charge in [0.05, 0.1) is 25.7 Å². The maximum Gasteiger partial charge on any atom is 0.321 e. The third kappa shape index (κ3) is 6.62. The minimum atomic E-state index is -0.527. The van der Waals surface area contributed by atoms with Crippen molar-refractivity contribution >= 4 is 40.1 Å². The van der Waals surface area contributed by atoms with Gasteiger partial charge in [-0.3, -0.25) is 10.1 Å². The predicted molar refractivity (Wildman–Crippen MR) is 124 cm³/mol. The van der Waals surface area contributed by atoms with E-state index in [0.29, 0.717) is 32.5 Å². The number of anilines is 1. The van der Waals surface area contributed by atoms with Gasteiger partial charge in [-0.2, -0.15) is 0 Å². The number of hydrogen-bond donors (Lipinski definition) is 2. The Morgan fingerprint density at radius 3 is 2.76 bits per heavy atom. The highest BCUT2D eigenvalue weighted by atomic mass is 35.5. The monoisotopic (exact) mass is 492 g/mol. The summed E-state index contributed by atoms with van der Waals surface area (Å²) in [5, 5.41) is 14.3. The normalized spacial score (nSPS) is 10.5. The predicted octanol–water partition coefficient (Wildman–Crippen LogP) is 4.67. The minimum Gasteiger partial charge on any atom is -0.496 e. The van der Waals surface area contributed by atoms with Crippen LogP contribution in [0.2, 0.25) is 5.02 Å². The molecule has 0 saturated carbocycles. The van der Waals surface area contributed by atoms with E-state index in [1.807, 2.05) is 0 Å². The molecule has 0 bridgehead atoms. The number of benzene rings is 2. The molecule has 2 N–H and O–H groups in total. The van der Waals surface area contributed by atoms with Gasteiger partial charge in [-0.25, -0.2) is 9.18 Å². The van der Waals surface area contributed by atoms with Crippen molar-refractivity contribution in [2.75, 3.05) is 25.6 Å². The van der Waals surface area contributed by atoms with E-state index in [4.69, 9.17) is 21.1 Å². The second-order valence-corrected chi connectivity index (χ2v) is 8.24. The van der Waals surface area contributed by atoms with Gasteiger partial charge in [-0.05, 0) is 36.2 Å². The van der Waals surface area contributed by atoms with Crippen molar-refractivity contribution in [3.05, 3.63) is 57.8 Å². The standard InChI is InChI=1S/C22H22ClFN4O4S/c1-3-32-18(29)9-10-25-21(30)26-22-28-27-17(33-22)12-14-7-8-16(31-2)19(20(14)24)13-5-4-6-15(23)11-13/h4-8,11H,3,9-10,12H2,1-2H3,(H2,25,26,28,30). The molecule has 2 aromatic carbocycles. The molecule has 2 amide bonds. The van der Waals surface area contributed by atoms with E-state index < -0.39 is 17.8 Å². The zero-order valence-electron chi connectivity index (χ0n) is 18.0. The van der Waals surface area contributed by atoms with E-state index in [-0.39, 0.29) is 31.1 Å². The molecule has 11 heteroatoms. The molecule has 0 fully saturated rings. The summed E-state index contributed by atoms with van der Waals surface area (Å²) in [6.07, 6.45) is 0.238. The summed E-state index contributed by atoms with van der Waals surface area (Å²) >= 11 is 7.20. The number of carbonyl (C=O) groups is 2. The van der Waals surface area contributed by atoms with Crippen LogP contribution in [0.15, 0.2) is 36.4 Å². The van der Waals surface area contributed by atoms with Gasteiger partial charge in [-0.15, -0.1) is 10.2 Å². The van der Waals surface area contributed by atoms with Crippen LogP contribution in [0.3, 0.4) is 0 Å². The molecule has 0 unspecified atom stereocenters. The molecule has 0 atom stereocenters. The lowest BCUT2D eigenvalue weighted by Crippen LogP contribution is -2.30. The first-order valence-corrected chi connectivity index (χ1v) is 11.2. The van der Waals surface area contributed by atoms with Gasteiger partial charge >= 0.3 is 12.0 Å². The van der Waals surface area contributed by atoms with Crippen LogP contribution < -0.4 is 15.4 Å². The Bertz CT molecular complexity index is 1140. The van der Waals surface area contributed by atoms with Crippen LogP contribution >= 0.6 is 22.9 Å². The summed E-state index contributed by atoms with van der Waals surface area (Å²) in [5.74, 6) is -0.453. The van der Waals surface area contributed by atoms with E-state index in [9.17, 15) is 9.59 Å². The third-order valence-corrected chi connectivity index (χ3v) is 5.54. The highest BCUT2D eigenvalue weighted by Gasteiger charge is 2.18. The maximum absolute atomic E-state index is 15.4. The Morgan fingerprint density at radius 1 is 1.21 bits per heavy atom. The number of esters is 1. The second kappa shape index (κ2) is 11.6. The van der Waals surface area contributed by atoms with Gasteiger partial charge in [0.1, 0.15) is 16.6 Å². The SMILES string of the molecule is CCOC(=O)CCNC(=O)Nc1nnc(Cc2ccc(OC)c(-c3cccc(Cl)c3)c2F)s1. The molecule has 3 aromatic rings. The van der Waals surface area contributed by atoms with E-state index in [0.717, 1.165) is 11.3 Å². The molecule has 0 radical (unpaired) electrons. The average Bonchev–Trinajstić information content (AvgIpc) is 3.21. The van der Waals surface area contributed by atoms with E-state index >= 15 is 4.39 Å². The minimum absolute atomic E-state index is 0.0638. The van der Waals surface area contributed by atoms with Crippen molar-refractivity contribution in [1.82, 2.24) is 15.5 Å². The molecule has 8 nitrogen and oxygen atoms in total. The molecule has 33 heavy (non-hydrogen) atoms. The summed E-state index contributed by atoms with van der Waals surface area (Å²) in [6, 6.07) is 9.65. The average molecular weight is 493 g/mol. The largest absolute Gasteiger partial charge is 0.496 e. The first kappa shape index (κ1) is 24.4. The maximum atomic E-state index is 15.4. The molecular weight excluding hydrogens is 471 g/mol. The zero-order chi connectivity index (χ0) is 23.8. The van der Waals surface area contributed by atoms with Gasteiger partial charge in [0.15, 0.2) is 0 Å². The van der Waals surface area contributed by atoms with Crippen LogP contribution in [0, 0.1) is 5.82 Å². The van der Waals surface area contributed by atoms with Gasteiger partial charge in [0.2, 0.25) is 5.13 Å². The first-order chi connectivity index (χ1) is 15.9. The lowest BCUT2D eigenvalue weighted by atomic mass is 9.99. The summed E-state index contributed by atoms with van der Waals surface area (Å²) in [6.45, 7) is 2.12. The van der Waals surface area contributed by atoms with E-state index in [2.05, 4.69) is 20.8 Å². The lowest BCUT2D eigenvalue weighted by molar-refractivity contribution is -0.142. The molecule has 0 aliphatic heterocycles. The van der Waals surface area contributed by atoms with Crippen molar-refractivity contribution in [2.24, 2.45) is 0 Å². The van der Waals surface area contributed by atoms with E-state index in [1.165, 1.54) is 7.11 Å². The number of amides is 2. The van der Waals surface area contributed by atoms with Crippen molar-refractivity contribution in [1.29, 1.82) is 0 Å². The number of nitrogens with one attached hydrogen (secondary N) is 2. The van der Waals surface area contributed by atoms with Crippen molar-refractivity contribution < 1.29 is 23.5 Å². The van der Waals surface area contributed by atoms with Crippen molar-refractivity contribution in [3.63, 3.8) is 0 Å². The summed E-state index contributed by atoms with van der Waals surface area (Å²) < 4.78 is 25.6.